The van der Waals surface area contributed by atoms with Gasteiger partial charge in [0.15, 0.2) is 0 Å². The molecule has 2 aliphatic rings. The quantitative estimate of drug-likeness (QED) is 0.819. The van der Waals surface area contributed by atoms with Gasteiger partial charge in [-0.25, -0.2) is 0 Å². The summed E-state index contributed by atoms with van der Waals surface area (Å²) < 4.78 is 5.12. The van der Waals surface area contributed by atoms with Crippen molar-refractivity contribution in [2.24, 2.45) is 5.41 Å². The number of piperidine rings is 1. The molecule has 0 saturated carbocycles. The van der Waals surface area contributed by atoms with Crippen LogP contribution in [0.1, 0.15) is 41.4 Å². The van der Waals surface area contributed by atoms with Crippen molar-refractivity contribution in [3.05, 3.63) is 21.9 Å². The van der Waals surface area contributed by atoms with Gasteiger partial charge in [-0.2, -0.15) is 0 Å². The van der Waals surface area contributed by atoms with Crippen LogP contribution in [0.15, 0.2) is 11.4 Å². The SMILES string of the molecule is CCc1cc(C(=O)N2CC[C@@]3(CCCN(CCOC)C3=O)C2)cs1. The van der Waals surface area contributed by atoms with Crippen molar-refractivity contribution in [1.82, 2.24) is 9.80 Å². The minimum Gasteiger partial charge on any atom is -0.383 e. The minimum atomic E-state index is -0.370. The molecule has 24 heavy (non-hydrogen) atoms. The van der Waals surface area contributed by atoms with E-state index >= 15 is 0 Å². The van der Waals surface area contributed by atoms with E-state index in [-0.39, 0.29) is 17.2 Å². The van der Waals surface area contributed by atoms with Crippen LogP contribution in [0.25, 0.3) is 0 Å². The predicted molar refractivity (Wildman–Crippen MR) is 94.3 cm³/mol. The van der Waals surface area contributed by atoms with Gasteiger partial charge in [0.25, 0.3) is 5.91 Å². The lowest BCUT2D eigenvalue weighted by Gasteiger charge is -2.39. The molecule has 3 heterocycles. The fourth-order valence-corrected chi connectivity index (χ4v) is 4.66. The van der Waals surface area contributed by atoms with Crippen LogP contribution in [-0.2, 0) is 16.0 Å². The highest BCUT2D eigenvalue weighted by Crippen LogP contribution is 2.40. The first-order valence-corrected chi connectivity index (χ1v) is 9.62. The summed E-state index contributed by atoms with van der Waals surface area (Å²) in [5.41, 5.74) is 0.402. The van der Waals surface area contributed by atoms with Gasteiger partial charge in [0.1, 0.15) is 0 Å². The molecular weight excluding hydrogens is 324 g/mol. The lowest BCUT2D eigenvalue weighted by Crippen LogP contribution is -2.51. The first-order chi connectivity index (χ1) is 11.6. The number of methoxy groups -OCH3 is 1. The second kappa shape index (κ2) is 7.23. The van der Waals surface area contributed by atoms with E-state index < -0.39 is 0 Å². The zero-order valence-electron chi connectivity index (χ0n) is 14.5. The highest BCUT2D eigenvalue weighted by Gasteiger charge is 2.49. The molecular formula is C18H26N2O3S. The number of rotatable bonds is 5. The molecule has 0 radical (unpaired) electrons. The first kappa shape index (κ1) is 17.4. The maximum absolute atomic E-state index is 12.9. The van der Waals surface area contributed by atoms with Crippen molar-refractivity contribution in [1.29, 1.82) is 0 Å². The van der Waals surface area contributed by atoms with Crippen molar-refractivity contribution in [2.75, 3.05) is 39.9 Å². The summed E-state index contributed by atoms with van der Waals surface area (Å²) in [6.07, 6.45) is 3.64. The Hall–Kier alpha value is -1.40. The van der Waals surface area contributed by atoms with Gasteiger partial charge >= 0.3 is 0 Å². The molecule has 2 saturated heterocycles. The third-order valence-electron chi connectivity index (χ3n) is 5.28. The summed E-state index contributed by atoms with van der Waals surface area (Å²) in [7, 11) is 1.66. The second-order valence-corrected chi connectivity index (χ2v) is 7.80. The van der Waals surface area contributed by atoms with Gasteiger partial charge in [-0.15, -0.1) is 11.3 Å². The number of carbonyl (C=O) groups is 2. The average molecular weight is 350 g/mol. The third-order valence-corrected chi connectivity index (χ3v) is 6.36. The summed E-state index contributed by atoms with van der Waals surface area (Å²) in [5.74, 6) is 0.283. The van der Waals surface area contributed by atoms with Crippen LogP contribution in [-0.4, -0.2) is 61.5 Å². The Morgan fingerprint density at radius 1 is 1.38 bits per heavy atom. The van der Waals surface area contributed by atoms with Crippen LogP contribution in [0.2, 0.25) is 0 Å². The second-order valence-electron chi connectivity index (χ2n) is 6.80. The van der Waals surface area contributed by atoms with Crippen molar-refractivity contribution in [3.8, 4) is 0 Å². The van der Waals surface area contributed by atoms with Crippen molar-refractivity contribution in [3.63, 3.8) is 0 Å². The lowest BCUT2D eigenvalue weighted by atomic mass is 9.78. The predicted octanol–water partition coefficient (Wildman–Crippen LogP) is 2.41. The molecule has 132 valence electrons. The Balaban J connectivity index is 1.69. The van der Waals surface area contributed by atoms with E-state index in [0.29, 0.717) is 26.2 Å². The van der Waals surface area contributed by atoms with Crippen LogP contribution < -0.4 is 0 Å². The molecule has 0 N–H and O–H groups in total. The molecule has 0 unspecified atom stereocenters. The molecule has 5 nitrogen and oxygen atoms in total. The topological polar surface area (TPSA) is 49.9 Å². The van der Waals surface area contributed by atoms with Crippen LogP contribution in [0.4, 0.5) is 0 Å². The number of hydrogen-bond acceptors (Lipinski definition) is 4. The van der Waals surface area contributed by atoms with Crippen molar-refractivity contribution < 1.29 is 14.3 Å². The highest BCUT2D eigenvalue weighted by molar-refractivity contribution is 7.10. The molecule has 6 heteroatoms. The Morgan fingerprint density at radius 3 is 2.92 bits per heavy atom. The van der Waals surface area contributed by atoms with Crippen LogP contribution in [0, 0.1) is 5.41 Å². The number of likely N-dealkylation sites (tertiary alicyclic amines) is 2. The van der Waals surface area contributed by atoms with Gasteiger partial charge in [-0.05, 0) is 31.7 Å². The maximum Gasteiger partial charge on any atom is 0.254 e. The molecule has 1 aromatic rings. The van der Waals surface area contributed by atoms with Crippen LogP contribution in [0.3, 0.4) is 0 Å². The zero-order valence-corrected chi connectivity index (χ0v) is 15.4. The van der Waals surface area contributed by atoms with Gasteiger partial charge in [0, 0.05) is 43.5 Å². The highest BCUT2D eigenvalue weighted by atomic mass is 32.1. The minimum absolute atomic E-state index is 0.0737. The molecule has 1 atom stereocenters. The van der Waals surface area contributed by atoms with E-state index in [4.69, 9.17) is 4.74 Å². The Labute approximate surface area is 147 Å². The molecule has 3 rings (SSSR count). The van der Waals surface area contributed by atoms with Gasteiger partial charge < -0.3 is 14.5 Å². The smallest absolute Gasteiger partial charge is 0.254 e. The average Bonchev–Trinajstić information content (AvgIpc) is 3.24. The molecule has 0 aromatic carbocycles. The monoisotopic (exact) mass is 350 g/mol. The summed E-state index contributed by atoms with van der Waals surface area (Å²) in [6, 6.07) is 1.99. The molecule has 0 aliphatic carbocycles. The standard InChI is InChI=1S/C18H26N2O3S/c1-3-15-11-14(12-24-15)16(21)20-8-6-18(13-20)5-4-7-19(17(18)22)9-10-23-2/h11-12H,3-10,13H2,1-2H3/t18-/m0/s1. The molecule has 2 fully saturated rings. The fourth-order valence-electron chi connectivity index (χ4n) is 3.85. The number of ether oxygens (including phenoxy) is 1. The number of aryl methyl sites for hydroxylation is 1. The molecule has 2 amide bonds. The van der Waals surface area contributed by atoms with Gasteiger partial charge in [-0.1, -0.05) is 6.92 Å². The molecule has 1 aromatic heterocycles. The maximum atomic E-state index is 12.9. The molecule has 0 bridgehead atoms. The van der Waals surface area contributed by atoms with Crippen LogP contribution in [0.5, 0.6) is 0 Å². The number of carbonyl (C=O) groups excluding carboxylic acids is 2. The summed E-state index contributed by atoms with van der Waals surface area (Å²) in [5, 5.41) is 1.94. The van der Waals surface area contributed by atoms with E-state index in [1.165, 1.54) is 4.88 Å². The number of thiophene rings is 1. The summed E-state index contributed by atoms with van der Waals surface area (Å²) in [6.45, 7) is 5.36. The Kier molecular flexibility index (Phi) is 5.25. The fraction of sp³-hybridized carbons (Fsp3) is 0.667. The van der Waals surface area contributed by atoms with Crippen molar-refractivity contribution >= 4 is 23.2 Å². The number of nitrogens with zero attached hydrogens (tertiary/aromatic N) is 2. The number of hydrogen-bond donors (Lipinski definition) is 0. The van der Waals surface area contributed by atoms with E-state index in [1.54, 1.807) is 18.4 Å². The normalized spacial score (nSPS) is 24.2. The zero-order chi connectivity index (χ0) is 17.2. The summed E-state index contributed by atoms with van der Waals surface area (Å²) in [4.78, 5) is 30.7. The lowest BCUT2D eigenvalue weighted by molar-refractivity contribution is -0.146. The summed E-state index contributed by atoms with van der Waals surface area (Å²) >= 11 is 1.64. The van der Waals surface area contributed by atoms with E-state index in [9.17, 15) is 9.59 Å². The largest absolute Gasteiger partial charge is 0.383 e. The van der Waals surface area contributed by atoms with E-state index in [1.807, 2.05) is 21.2 Å². The van der Waals surface area contributed by atoms with E-state index in [2.05, 4.69) is 6.92 Å². The van der Waals surface area contributed by atoms with Gasteiger partial charge in [0.2, 0.25) is 5.91 Å². The Morgan fingerprint density at radius 2 is 2.21 bits per heavy atom. The third kappa shape index (κ3) is 3.22. The van der Waals surface area contributed by atoms with Crippen molar-refractivity contribution in [2.45, 2.75) is 32.6 Å². The molecule has 2 aliphatic heterocycles. The number of amides is 2. The first-order valence-electron chi connectivity index (χ1n) is 8.74. The van der Waals surface area contributed by atoms with E-state index in [0.717, 1.165) is 37.8 Å². The van der Waals surface area contributed by atoms with Gasteiger partial charge in [0.05, 0.1) is 17.6 Å². The van der Waals surface area contributed by atoms with Crippen LogP contribution >= 0.6 is 11.3 Å². The Bertz CT molecular complexity index is 615. The molecule has 1 spiro atoms. The van der Waals surface area contributed by atoms with Gasteiger partial charge in [-0.3, -0.25) is 9.59 Å².